The molecule has 0 aromatic carbocycles. The van der Waals surface area contributed by atoms with Crippen molar-refractivity contribution >= 4 is 17.3 Å². The quantitative estimate of drug-likeness (QED) is 0.861. The van der Waals surface area contributed by atoms with Crippen LogP contribution in [0.15, 0.2) is 11.4 Å². The molecule has 1 unspecified atom stereocenters. The molecule has 3 nitrogen and oxygen atoms in total. The minimum Gasteiger partial charge on any atom is -0.480 e. The van der Waals surface area contributed by atoms with Gasteiger partial charge in [-0.2, -0.15) is 0 Å². The van der Waals surface area contributed by atoms with E-state index in [2.05, 4.69) is 25.3 Å². The summed E-state index contributed by atoms with van der Waals surface area (Å²) < 4.78 is 0. The monoisotopic (exact) mass is 241 g/mol. The molecule has 1 N–H and O–H groups in total. The Labute approximate surface area is 101 Å². The van der Waals surface area contributed by atoms with Crippen LogP contribution in [-0.2, 0) is 4.79 Å². The van der Waals surface area contributed by atoms with Crippen LogP contribution in [0.2, 0.25) is 0 Å². The Hall–Kier alpha value is -0.870. The van der Waals surface area contributed by atoms with Crippen LogP contribution < -0.4 is 0 Å². The first-order valence-electron chi connectivity index (χ1n) is 5.45. The van der Waals surface area contributed by atoms with Crippen LogP contribution in [0.4, 0.5) is 0 Å². The number of carboxylic acids is 1. The van der Waals surface area contributed by atoms with Crippen molar-refractivity contribution in [2.75, 3.05) is 6.54 Å². The molecule has 0 aliphatic carbocycles. The molecule has 0 aliphatic rings. The summed E-state index contributed by atoms with van der Waals surface area (Å²) in [4.78, 5) is 14.1. The maximum atomic E-state index is 10.8. The summed E-state index contributed by atoms with van der Waals surface area (Å²) in [6, 6.07) is 2.47. The zero-order valence-corrected chi connectivity index (χ0v) is 11.0. The predicted octanol–water partition coefficient (Wildman–Crippen LogP) is 2.91. The van der Waals surface area contributed by atoms with Gasteiger partial charge >= 0.3 is 5.97 Å². The highest BCUT2D eigenvalue weighted by atomic mass is 32.1. The molecule has 16 heavy (non-hydrogen) atoms. The first kappa shape index (κ1) is 13.2. The van der Waals surface area contributed by atoms with Crippen LogP contribution in [-0.4, -0.2) is 28.6 Å². The van der Waals surface area contributed by atoms with Crippen molar-refractivity contribution in [1.82, 2.24) is 4.90 Å². The lowest BCUT2D eigenvalue weighted by molar-refractivity contribution is -0.139. The fourth-order valence-corrected chi connectivity index (χ4v) is 2.89. The molecule has 0 fully saturated rings. The highest BCUT2D eigenvalue weighted by molar-refractivity contribution is 7.10. The molecule has 0 amide bonds. The van der Waals surface area contributed by atoms with E-state index in [-0.39, 0.29) is 18.6 Å². The summed E-state index contributed by atoms with van der Waals surface area (Å²) in [5.41, 5.74) is 1.24. The number of thiophene rings is 1. The summed E-state index contributed by atoms with van der Waals surface area (Å²) >= 11 is 1.70. The molecule has 1 aromatic heterocycles. The molecule has 0 saturated heterocycles. The Morgan fingerprint density at radius 1 is 1.50 bits per heavy atom. The molecule has 0 saturated carbocycles. The molecule has 1 heterocycles. The molecular weight excluding hydrogens is 222 g/mol. The molecular formula is C12H19NO2S. The van der Waals surface area contributed by atoms with Gasteiger partial charge in [0, 0.05) is 17.0 Å². The normalized spacial score (nSPS) is 13.4. The first-order valence-corrected chi connectivity index (χ1v) is 6.33. The SMILES string of the molecule is Cc1ccsc1C(C)N(CC(=O)O)C(C)C. The average Bonchev–Trinajstić information content (AvgIpc) is 2.59. The topological polar surface area (TPSA) is 40.5 Å². The zero-order valence-electron chi connectivity index (χ0n) is 10.2. The summed E-state index contributed by atoms with van der Waals surface area (Å²) in [5, 5.41) is 11.0. The van der Waals surface area contributed by atoms with Crippen LogP contribution in [0.1, 0.15) is 37.3 Å². The summed E-state index contributed by atoms with van der Waals surface area (Å²) in [5.74, 6) is -0.769. The van der Waals surface area contributed by atoms with Crippen molar-refractivity contribution in [3.63, 3.8) is 0 Å². The molecule has 1 atom stereocenters. The molecule has 90 valence electrons. The predicted molar refractivity (Wildman–Crippen MR) is 66.9 cm³/mol. The molecule has 4 heteroatoms. The Morgan fingerprint density at radius 3 is 2.50 bits per heavy atom. The Kier molecular flexibility index (Phi) is 4.50. The van der Waals surface area contributed by atoms with Gasteiger partial charge in [0.15, 0.2) is 0 Å². The summed E-state index contributed by atoms with van der Waals surface area (Å²) in [6.07, 6.45) is 0. The van der Waals surface area contributed by atoms with Gasteiger partial charge in [-0.1, -0.05) is 0 Å². The van der Waals surface area contributed by atoms with E-state index in [1.807, 2.05) is 18.7 Å². The summed E-state index contributed by atoms with van der Waals surface area (Å²) in [7, 11) is 0. The molecule has 1 rings (SSSR count). The van der Waals surface area contributed by atoms with E-state index < -0.39 is 5.97 Å². The number of carbonyl (C=O) groups is 1. The van der Waals surface area contributed by atoms with E-state index in [0.717, 1.165) is 0 Å². The Balaban J connectivity index is 2.87. The third-order valence-electron chi connectivity index (χ3n) is 2.76. The van der Waals surface area contributed by atoms with Crippen molar-refractivity contribution in [2.45, 2.75) is 39.8 Å². The van der Waals surface area contributed by atoms with Crippen LogP contribution >= 0.6 is 11.3 Å². The van der Waals surface area contributed by atoms with Gasteiger partial charge in [-0.05, 0) is 44.7 Å². The number of carboxylic acid groups (broad SMARTS) is 1. The molecule has 1 aromatic rings. The fraction of sp³-hybridized carbons (Fsp3) is 0.583. The average molecular weight is 241 g/mol. The second kappa shape index (κ2) is 5.46. The van der Waals surface area contributed by atoms with E-state index in [1.165, 1.54) is 10.4 Å². The third-order valence-corrected chi connectivity index (χ3v) is 3.95. The Morgan fingerprint density at radius 2 is 2.12 bits per heavy atom. The van der Waals surface area contributed by atoms with E-state index in [1.54, 1.807) is 11.3 Å². The highest BCUT2D eigenvalue weighted by Gasteiger charge is 2.22. The number of aliphatic carboxylic acids is 1. The van der Waals surface area contributed by atoms with Gasteiger partial charge in [-0.15, -0.1) is 11.3 Å². The molecule has 0 bridgehead atoms. The van der Waals surface area contributed by atoms with Crippen molar-refractivity contribution in [3.8, 4) is 0 Å². The van der Waals surface area contributed by atoms with Crippen molar-refractivity contribution in [2.24, 2.45) is 0 Å². The number of hydrogen-bond acceptors (Lipinski definition) is 3. The van der Waals surface area contributed by atoms with Gasteiger partial charge in [0.1, 0.15) is 0 Å². The largest absolute Gasteiger partial charge is 0.480 e. The van der Waals surface area contributed by atoms with Gasteiger partial charge in [-0.25, -0.2) is 0 Å². The molecule has 0 radical (unpaired) electrons. The van der Waals surface area contributed by atoms with Gasteiger partial charge in [-0.3, -0.25) is 9.69 Å². The van der Waals surface area contributed by atoms with E-state index in [0.29, 0.717) is 0 Å². The minimum absolute atomic E-state index is 0.0934. The Bertz CT molecular complexity index is 360. The number of aryl methyl sites for hydroxylation is 1. The van der Waals surface area contributed by atoms with E-state index in [9.17, 15) is 4.79 Å². The van der Waals surface area contributed by atoms with E-state index >= 15 is 0 Å². The van der Waals surface area contributed by atoms with Crippen molar-refractivity contribution < 1.29 is 9.90 Å². The number of rotatable bonds is 5. The van der Waals surface area contributed by atoms with Crippen LogP contribution in [0.3, 0.4) is 0 Å². The maximum absolute atomic E-state index is 10.8. The van der Waals surface area contributed by atoms with E-state index in [4.69, 9.17) is 5.11 Å². The second-order valence-corrected chi connectivity index (χ2v) is 5.25. The molecule has 0 aliphatic heterocycles. The fourth-order valence-electron chi connectivity index (χ4n) is 1.89. The standard InChI is InChI=1S/C12H19NO2S/c1-8(2)13(7-11(14)15)10(4)12-9(3)5-6-16-12/h5-6,8,10H,7H2,1-4H3,(H,14,15). The van der Waals surface area contributed by atoms with Gasteiger partial charge < -0.3 is 5.11 Å². The molecule has 0 spiro atoms. The second-order valence-electron chi connectivity index (χ2n) is 4.30. The maximum Gasteiger partial charge on any atom is 0.317 e. The lowest BCUT2D eigenvalue weighted by Gasteiger charge is -2.31. The third kappa shape index (κ3) is 3.06. The zero-order chi connectivity index (χ0) is 12.3. The van der Waals surface area contributed by atoms with Crippen molar-refractivity contribution in [1.29, 1.82) is 0 Å². The lowest BCUT2D eigenvalue weighted by Crippen LogP contribution is -2.37. The summed E-state index contributed by atoms with van der Waals surface area (Å²) in [6.45, 7) is 8.30. The van der Waals surface area contributed by atoms with Crippen molar-refractivity contribution in [3.05, 3.63) is 21.9 Å². The highest BCUT2D eigenvalue weighted by Crippen LogP contribution is 2.29. The van der Waals surface area contributed by atoms with Gasteiger partial charge in [0.05, 0.1) is 6.54 Å². The van der Waals surface area contributed by atoms with Gasteiger partial charge in [0.2, 0.25) is 0 Å². The number of hydrogen-bond donors (Lipinski definition) is 1. The number of nitrogens with zero attached hydrogens (tertiary/aromatic N) is 1. The smallest absolute Gasteiger partial charge is 0.317 e. The van der Waals surface area contributed by atoms with Gasteiger partial charge in [0.25, 0.3) is 0 Å². The van der Waals surface area contributed by atoms with Crippen LogP contribution in [0.5, 0.6) is 0 Å². The van der Waals surface area contributed by atoms with Crippen LogP contribution in [0, 0.1) is 6.92 Å². The van der Waals surface area contributed by atoms with Crippen LogP contribution in [0.25, 0.3) is 0 Å². The lowest BCUT2D eigenvalue weighted by atomic mass is 10.1. The minimum atomic E-state index is -0.769. The first-order chi connectivity index (χ1) is 7.43.